The molecule has 0 aliphatic rings. The summed E-state index contributed by atoms with van der Waals surface area (Å²) in [5, 5.41) is 0.657. The van der Waals surface area contributed by atoms with Gasteiger partial charge in [-0.3, -0.25) is 0 Å². The molecule has 0 radical (unpaired) electrons. The van der Waals surface area contributed by atoms with E-state index in [-0.39, 0.29) is 0 Å². The van der Waals surface area contributed by atoms with Crippen molar-refractivity contribution >= 4 is 11.6 Å². The normalized spacial score (nSPS) is 10.6. The standard InChI is InChI=1S/C12H14ClN3O/c1-16-7-15-10(6-14)12(16)9-5-8(13)3-4-11(9)17-2/h3-5,7H,6,14H2,1-2H3. The predicted molar refractivity (Wildman–Crippen MR) is 68.1 cm³/mol. The third-order valence-electron chi connectivity index (χ3n) is 2.62. The zero-order valence-corrected chi connectivity index (χ0v) is 10.5. The lowest BCUT2D eigenvalue weighted by molar-refractivity contribution is 0.416. The molecule has 1 aromatic carbocycles. The molecule has 1 aromatic heterocycles. The van der Waals surface area contributed by atoms with Crippen LogP contribution in [-0.4, -0.2) is 16.7 Å². The highest BCUT2D eigenvalue weighted by atomic mass is 35.5. The minimum absolute atomic E-state index is 0.381. The van der Waals surface area contributed by atoms with Gasteiger partial charge in [-0.2, -0.15) is 0 Å². The van der Waals surface area contributed by atoms with Gasteiger partial charge in [0.2, 0.25) is 0 Å². The minimum atomic E-state index is 0.381. The number of ether oxygens (including phenoxy) is 1. The molecule has 0 amide bonds. The fourth-order valence-electron chi connectivity index (χ4n) is 1.84. The summed E-state index contributed by atoms with van der Waals surface area (Å²) in [7, 11) is 3.55. The largest absolute Gasteiger partial charge is 0.496 e. The summed E-state index contributed by atoms with van der Waals surface area (Å²) < 4.78 is 7.25. The number of aryl methyl sites for hydroxylation is 1. The van der Waals surface area contributed by atoms with E-state index >= 15 is 0 Å². The molecule has 0 saturated carbocycles. The van der Waals surface area contributed by atoms with Gasteiger partial charge in [-0.1, -0.05) is 11.6 Å². The Morgan fingerprint density at radius 1 is 1.47 bits per heavy atom. The number of benzene rings is 1. The van der Waals surface area contributed by atoms with Gasteiger partial charge in [0.15, 0.2) is 0 Å². The lowest BCUT2D eigenvalue weighted by Crippen LogP contribution is -2.01. The summed E-state index contributed by atoms with van der Waals surface area (Å²) in [6, 6.07) is 5.49. The number of halogens is 1. The summed E-state index contributed by atoms with van der Waals surface area (Å²) in [5.74, 6) is 0.757. The topological polar surface area (TPSA) is 53.1 Å². The molecule has 4 nitrogen and oxygen atoms in total. The van der Waals surface area contributed by atoms with Gasteiger partial charge in [0, 0.05) is 24.2 Å². The maximum Gasteiger partial charge on any atom is 0.128 e. The van der Waals surface area contributed by atoms with Crippen LogP contribution >= 0.6 is 11.6 Å². The van der Waals surface area contributed by atoms with E-state index in [0.29, 0.717) is 11.6 Å². The molecular formula is C12H14ClN3O. The van der Waals surface area contributed by atoms with E-state index in [1.807, 2.05) is 23.7 Å². The molecule has 0 fully saturated rings. The van der Waals surface area contributed by atoms with E-state index < -0.39 is 0 Å². The van der Waals surface area contributed by atoms with Crippen molar-refractivity contribution in [1.82, 2.24) is 9.55 Å². The van der Waals surface area contributed by atoms with Crippen LogP contribution in [-0.2, 0) is 13.6 Å². The van der Waals surface area contributed by atoms with Gasteiger partial charge >= 0.3 is 0 Å². The van der Waals surface area contributed by atoms with Crippen molar-refractivity contribution in [2.24, 2.45) is 12.8 Å². The van der Waals surface area contributed by atoms with E-state index in [2.05, 4.69) is 4.98 Å². The van der Waals surface area contributed by atoms with Crippen molar-refractivity contribution in [1.29, 1.82) is 0 Å². The summed E-state index contributed by atoms with van der Waals surface area (Å²) in [4.78, 5) is 4.25. The molecule has 2 aromatic rings. The van der Waals surface area contributed by atoms with E-state index in [1.165, 1.54) is 0 Å². The van der Waals surface area contributed by atoms with Crippen LogP contribution in [0.5, 0.6) is 5.75 Å². The number of hydrogen-bond donors (Lipinski definition) is 1. The summed E-state index contributed by atoms with van der Waals surface area (Å²) >= 11 is 6.02. The molecule has 5 heteroatoms. The Morgan fingerprint density at radius 3 is 2.88 bits per heavy atom. The highest BCUT2D eigenvalue weighted by molar-refractivity contribution is 6.31. The molecule has 2 rings (SSSR count). The smallest absolute Gasteiger partial charge is 0.128 e. The Labute approximate surface area is 105 Å². The number of nitrogens with two attached hydrogens (primary N) is 1. The fourth-order valence-corrected chi connectivity index (χ4v) is 2.01. The molecule has 0 unspecified atom stereocenters. The second-order valence-corrected chi connectivity index (χ2v) is 4.14. The molecular weight excluding hydrogens is 238 g/mol. The molecule has 0 aliphatic heterocycles. The van der Waals surface area contributed by atoms with E-state index in [0.717, 1.165) is 22.7 Å². The maximum atomic E-state index is 6.02. The Morgan fingerprint density at radius 2 is 2.24 bits per heavy atom. The van der Waals surface area contributed by atoms with Crippen molar-refractivity contribution in [3.8, 4) is 17.0 Å². The van der Waals surface area contributed by atoms with Crippen LogP contribution in [0.2, 0.25) is 5.02 Å². The van der Waals surface area contributed by atoms with E-state index in [1.54, 1.807) is 19.5 Å². The first-order chi connectivity index (χ1) is 8.17. The monoisotopic (exact) mass is 251 g/mol. The van der Waals surface area contributed by atoms with Crippen molar-refractivity contribution in [2.75, 3.05) is 7.11 Å². The highest BCUT2D eigenvalue weighted by Gasteiger charge is 2.14. The quantitative estimate of drug-likeness (QED) is 0.910. The summed E-state index contributed by atoms with van der Waals surface area (Å²) in [6.07, 6.45) is 1.73. The predicted octanol–water partition coefficient (Wildman–Crippen LogP) is 2.21. The molecule has 90 valence electrons. The second kappa shape index (κ2) is 4.77. The van der Waals surface area contributed by atoms with Gasteiger partial charge in [-0.15, -0.1) is 0 Å². The van der Waals surface area contributed by atoms with Gasteiger partial charge in [0.25, 0.3) is 0 Å². The number of hydrogen-bond acceptors (Lipinski definition) is 3. The molecule has 0 aliphatic carbocycles. The molecule has 0 bridgehead atoms. The van der Waals surface area contributed by atoms with Crippen LogP contribution in [0, 0.1) is 0 Å². The van der Waals surface area contributed by atoms with Gasteiger partial charge in [0.05, 0.1) is 24.8 Å². The van der Waals surface area contributed by atoms with Crippen molar-refractivity contribution < 1.29 is 4.74 Å². The highest BCUT2D eigenvalue weighted by Crippen LogP contribution is 2.33. The summed E-state index contributed by atoms with van der Waals surface area (Å²) in [6.45, 7) is 0.381. The maximum absolute atomic E-state index is 6.02. The number of methoxy groups -OCH3 is 1. The Kier molecular flexibility index (Phi) is 3.36. The zero-order valence-electron chi connectivity index (χ0n) is 9.77. The molecule has 1 heterocycles. The molecule has 2 N–H and O–H groups in total. The minimum Gasteiger partial charge on any atom is -0.496 e. The molecule has 0 atom stereocenters. The second-order valence-electron chi connectivity index (χ2n) is 3.70. The number of rotatable bonds is 3. The first kappa shape index (κ1) is 12.0. The molecule has 17 heavy (non-hydrogen) atoms. The first-order valence-corrected chi connectivity index (χ1v) is 5.59. The van der Waals surface area contributed by atoms with Crippen LogP contribution in [0.1, 0.15) is 5.69 Å². The van der Waals surface area contributed by atoms with Crippen molar-refractivity contribution in [3.63, 3.8) is 0 Å². The van der Waals surface area contributed by atoms with Gasteiger partial charge in [-0.05, 0) is 18.2 Å². The van der Waals surface area contributed by atoms with Gasteiger partial charge < -0.3 is 15.0 Å². The average molecular weight is 252 g/mol. The lowest BCUT2D eigenvalue weighted by Gasteiger charge is -2.11. The van der Waals surface area contributed by atoms with Gasteiger partial charge in [0.1, 0.15) is 5.75 Å². The third-order valence-corrected chi connectivity index (χ3v) is 2.86. The Balaban J connectivity index is 2.66. The third kappa shape index (κ3) is 2.14. The van der Waals surface area contributed by atoms with Gasteiger partial charge in [-0.25, -0.2) is 4.98 Å². The number of aromatic nitrogens is 2. The average Bonchev–Trinajstić information content (AvgIpc) is 2.70. The van der Waals surface area contributed by atoms with Crippen LogP contribution < -0.4 is 10.5 Å². The van der Waals surface area contributed by atoms with E-state index in [9.17, 15) is 0 Å². The van der Waals surface area contributed by atoms with Crippen LogP contribution in [0.15, 0.2) is 24.5 Å². The lowest BCUT2D eigenvalue weighted by atomic mass is 10.1. The van der Waals surface area contributed by atoms with Crippen LogP contribution in [0.4, 0.5) is 0 Å². The van der Waals surface area contributed by atoms with Crippen molar-refractivity contribution in [3.05, 3.63) is 35.2 Å². The Bertz CT molecular complexity index is 537. The van der Waals surface area contributed by atoms with Crippen molar-refractivity contribution in [2.45, 2.75) is 6.54 Å². The zero-order chi connectivity index (χ0) is 12.4. The SMILES string of the molecule is COc1ccc(Cl)cc1-c1c(CN)ncn1C. The molecule has 0 spiro atoms. The molecule has 0 saturated heterocycles. The number of imidazole rings is 1. The number of nitrogens with zero attached hydrogens (tertiary/aromatic N) is 2. The fraction of sp³-hybridized carbons (Fsp3) is 0.250. The van der Waals surface area contributed by atoms with Crippen LogP contribution in [0.25, 0.3) is 11.3 Å². The first-order valence-electron chi connectivity index (χ1n) is 5.21. The van der Waals surface area contributed by atoms with Crippen LogP contribution in [0.3, 0.4) is 0 Å². The van der Waals surface area contributed by atoms with E-state index in [4.69, 9.17) is 22.1 Å². The Hall–Kier alpha value is -1.52. The summed E-state index contributed by atoms with van der Waals surface area (Å²) in [5.41, 5.74) is 8.35.